The Morgan fingerprint density at radius 2 is 1.82 bits per heavy atom. The van der Waals surface area contributed by atoms with Crippen molar-refractivity contribution in [3.8, 4) is 5.75 Å². The smallest absolute Gasteiger partial charge is 0.242 e. The maximum absolute atomic E-state index is 13.9. The van der Waals surface area contributed by atoms with Gasteiger partial charge in [0.05, 0.1) is 12.9 Å². The molecule has 1 atom stereocenters. The lowest BCUT2D eigenvalue weighted by Crippen LogP contribution is -2.50. The fraction of sp³-hybridized carbons (Fsp3) is 0.462. The number of amides is 2. The fourth-order valence-corrected chi connectivity index (χ4v) is 4.92. The Kier molecular flexibility index (Phi) is 9.61. The first-order valence-electron chi connectivity index (χ1n) is 11.5. The number of nitrogens with one attached hydrogen (secondary N) is 1. The third kappa shape index (κ3) is 7.49. The zero-order valence-electron chi connectivity index (χ0n) is 19.4. The molecule has 0 spiro atoms. The van der Waals surface area contributed by atoms with Crippen LogP contribution in [-0.2, 0) is 21.9 Å². The highest BCUT2D eigenvalue weighted by molar-refractivity contribution is 7.99. The van der Waals surface area contributed by atoms with Crippen LogP contribution in [0.15, 0.2) is 48.5 Å². The molecule has 7 heteroatoms. The summed E-state index contributed by atoms with van der Waals surface area (Å²) >= 11 is 1.36. The molecule has 0 aromatic heterocycles. The predicted octanol–water partition coefficient (Wildman–Crippen LogP) is 4.93. The third-order valence-electron chi connectivity index (χ3n) is 6.07. The monoisotopic (exact) mass is 472 g/mol. The summed E-state index contributed by atoms with van der Waals surface area (Å²) in [4.78, 5) is 27.8. The summed E-state index contributed by atoms with van der Waals surface area (Å²) in [6.07, 6.45) is 5.44. The molecule has 0 bridgehead atoms. The topological polar surface area (TPSA) is 58.6 Å². The molecule has 2 amide bonds. The Labute approximate surface area is 200 Å². The van der Waals surface area contributed by atoms with Crippen molar-refractivity contribution in [3.63, 3.8) is 0 Å². The molecule has 2 aromatic carbocycles. The number of rotatable bonds is 10. The van der Waals surface area contributed by atoms with Gasteiger partial charge in [-0.3, -0.25) is 9.59 Å². The highest BCUT2D eigenvalue weighted by atomic mass is 32.2. The van der Waals surface area contributed by atoms with Crippen molar-refractivity contribution >= 4 is 23.6 Å². The van der Waals surface area contributed by atoms with Crippen LogP contribution in [0.5, 0.6) is 5.75 Å². The molecule has 0 radical (unpaired) electrons. The van der Waals surface area contributed by atoms with Gasteiger partial charge in [-0.2, -0.15) is 0 Å². The molecule has 178 valence electrons. The minimum atomic E-state index is -0.601. The van der Waals surface area contributed by atoms with Crippen LogP contribution in [0.25, 0.3) is 0 Å². The molecule has 5 nitrogen and oxygen atoms in total. The van der Waals surface area contributed by atoms with Crippen LogP contribution in [0, 0.1) is 5.82 Å². The van der Waals surface area contributed by atoms with Gasteiger partial charge in [-0.15, -0.1) is 11.8 Å². The van der Waals surface area contributed by atoms with E-state index in [1.54, 1.807) is 37.1 Å². The largest absolute Gasteiger partial charge is 0.497 e. The maximum Gasteiger partial charge on any atom is 0.242 e. The van der Waals surface area contributed by atoms with Crippen LogP contribution in [0.1, 0.15) is 50.2 Å². The molecule has 1 saturated carbocycles. The van der Waals surface area contributed by atoms with Gasteiger partial charge in [0.1, 0.15) is 17.6 Å². The first kappa shape index (κ1) is 25.1. The standard InChI is InChI=1S/C26H33FN2O3S/c1-19(26(31)28-22-9-4-3-5-10-22)29(16-20-12-14-23(32-2)15-13-20)25(30)18-33-17-21-8-6-7-11-24(21)27/h6-8,11-15,19,22H,3-5,9-10,16-18H2,1-2H3,(H,28,31)/t19-/m1/s1. The van der Waals surface area contributed by atoms with Crippen molar-refractivity contribution in [2.45, 2.75) is 63.4 Å². The van der Waals surface area contributed by atoms with E-state index in [9.17, 15) is 14.0 Å². The van der Waals surface area contributed by atoms with E-state index in [1.807, 2.05) is 24.3 Å². The Balaban J connectivity index is 1.66. The van der Waals surface area contributed by atoms with Crippen LogP contribution in [-0.4, -0.2) is 41.7 Å². The summed E-state index contributed by atoms with van der Waals surface area (Å²) in [6.45, 7) is 2.10. The zero-order chi connectivity index (χ0) is 23.6. The van der Waals surface area contributed by atoms with Crippen molar-refractivity contribution in [1.29, 1.82) is 0 Å². The number of nitrogens with zero attached hydrogens (tertiary/aromatic N) is 1. The van der Waals surface area contributed by atoms with Crippen molar-refractivity contribution in [2.24, 2.45) is 0 Å². The number of carbonyl (C=O) groups excluding carboxylic acids is 2. The van der Waals surface area contributed by atoms with Crippen LogP contribution in [0.3, 0.4) is 0 Å². The van der Waals surface area contributed by atoms with Crippen molar-refractivity contribution in [3.05, 3.63) is 65.5 Å². The van der Waals surface area contributed by atoms with Gasteiger partial charge in [0.15, 0.2) is 0 Å². The molecular formula is C26H33FN2O3S. The Hall–Kier alpha value is -2.54. The predicted molar refractivity (Wildman–Crippen MR) is 131 cm³/mol. The number of methoxy groups -OCH3 is 1. The molecular weight excluding hydrogens is 439 g/mol. The quantitative estimate of drug-likeness (QED) is 0.533. The summed E-state index contributed by atoms with van der Waals surface area (Å²) in [5, 5.41) is 3.14. The molecule has 0 saturated heterocycles. The Bertz CT molecular complexity index is 916. The lowest BCUT2D eigenvalue weighted by atomic mass is 9.95. The molecule has 0 heterocycles. The van der Waals surface area contributed by atoms with Gasteiger partial charge in [0.25, 0.3) is 0 Å². The SMILES string of the molecule is COc1ccc(CN(C(=O)CSCc2ccccc2F)[C@H](C)C(=O)NC2CCCCC2)cc1. The van der Waals surface area contributed by atoms with Crippen molar-refractivity contribution < 1.29 is 18.7 Å². The lowest BCUT2D eigenvalue weighted by Gasteiger charge is -2.31. The van der Waals surface area contributed by atoms with Gasteiger partial charge in [-0.25, -0.2) is 4.39 Å². The first-order valence-corrected chi connectivity index (χ1v) is 12.7. The van der Waals surface area contributed by atoms with Crippen LogP contribution in [0.2, 0.25) is 0 Å². The van der Waals surface area contributed by atoms with E-state index in [2.05, 4.69) is 5.32 Å². The molecule has 2 aromatic rings. The van der Waals surface area contributed by atoms with Gasteiger partial charge < -0.3 is 15.0 Å². The number of hydrogen-bond acceptors (Lipinski definition) is 4. The lowest BCUT2D eigenvalue weighted by molar-refractivity contribution is -0.139. The van der Waals surface area contributed by atoms with Gasteiger partial charge >= 0.3 is 0 Å². The van der Waals surface area contributed by atoms with E-state index < -0.39 is 6.04 Å². The molecule has 1 aliphatic carbocycles. The molecule has 0 unspecified atom stereocenters. The average molecular weight is 473 g/mol. The van der Waals surface area contributed by atoms with E-state index in [1.165, 1.54) is 24.2 Å². The minimum Gasteiger partial charge on any atom is -0.497 e. The second kappa shape index (κ2) is 12.6. The highest BCUT2D eigenvalue weighted by Crippen LogP contribution is 2.20. The molecule has 3 rings (SSSR count). The molecule has 1 fully saturated rings. The summed E-state index contributed by atoms with van der Waals surface area (Å²) in [7, 11) is 1.61. The number of benzene rings is 2. The van der Waals surface area contributed by atoms with E-state index in [-0.39, 0.29) is 29.4 Å². The third-order valence-corrected chi connectivity index (χ3v) is 7.04. The van der Waals surface area contributed by atoms with Crippen molar-refractivity contribution in [2.75, 3.05) is 12.9 Å². The molecule has 1 aliphatic rings. The maximum atomic E-state index is 13.9. The van der Waals surface area contributed by atoms with Crippen molar-refractivity contribution in [1.82, 2.24) is 10.2 Å². The van der Waals surface area contributed by atoms with Gasteiger partial charge in [0.2, 0.25) is 11.8 Å². The van der Waals surface area contributed by atoms with Crippen LogP contribution < -0.4 is 10.1 Å². The second-order valence-electron chi connectivity index (χ2n) is 8.47. The van der Waals surface area contributed by atoms with Crippen LogP contribution >= 0.6 is 11.8 Å². The van der Waals surface area contributed by atoms with Gasteiger partial charge in [0, 0.05) is 18.3 Å². The van der Waals surface area contributed by atoms with Crippen LogP contribution in [0.4, 0.5) is 4.39 Å². The first-order chi connectivity index (χ1) is 16.0. The zero-order valence-corrected chi connectivity index (χ0v) is 20.2. The number of carbonyl (C=O) groups is 2. The average Bonchev–Trinajstić information content (AvgIpc) is 2.84. The van der Waals surface area contributed by atoms with E-state index >= 15 is 0 Å². The minimum absolute atomic E-state index is 0.122. The van der Waals surface area contributed by atoms with E-state index in [4.69, 9.17) is 4.74 Å². The number of halogens is 1. The number of thioether (sulfide) groups is 1. The highest BCUT2D eigenvalue weighted by Gasteiger charge is 2.28. The van der Waals surface area contributed by atoms with Gasteiger partial charge in [-0.05, 0) is 49.1 Å². The molecule has 0 aliphatic heterocycles. The Morgan fingerprint density at radius 3 is 2.48 bits per heavy atom. The fourth-order valence-electron chi connectivity index (χ4n) is 4.03. The Morgan fingerprint density at radius 1 is 1.12 bits per heavy atom. The second-order valence-corrected chi connectivity index (χ2v) is 9.46. The summed E-state index contributed by atoms with van der Waals surface area (Å²) < 4.78 is 19.1. The summed E-state index contributed by atoms with van der Waals surface area (Å²) in [5.74, 6) is 0.775. The molecule has 33 heavy (non-hydrogen) atoms. The normalized spacial score (nSPS) is 15.0. The number of ether oxygens (including phenoxy) is 1. The molecule has 1 N–H and O–H groups in total. The summed E-state index contributed by atoms with van der Waals surface area (Å²) in [5.41, 5.74) is 1.49. The number of hydrogen-bond donors (Lipinski definition) is 1. The van der Waals surface area contributed by atoms with Gasteiger partial charge in [-0.1, -0.05) is 49.6 Å². The van der Waals surface area contributed by atoms with E-state index in [0.29, 0.717) is 17.9 Å². The summed E-state index contributed by atoms with van der Waals surface area (Å²) in [6, 6.07) is 13.7. The van der Waals surface area contributed by atoms with E-state index in [0.717, 1.165) is 37.0 Å².